The molecule has 1 N–H and O–H groups in total. The number of hydrogen-bond donors (Lipinski definition) is 1. The molecule has 20 heavy (non-hydrogen) atoms. The third-order valence-corrected chi connectivity index (χ3v) is 4.34. The highest BCUT2D eigenvalue weighted by Crippen LogP contribution is 2.44. The van der Waals surface area contributed by atoms with Gasteiger partial charge in [0.1, 0.15) is 0 Å². The first-order valence-electron chi connectivity index (χ1n) is 6.91. The lowest BCUT2D eigenvalue weighted by molar-refractivity contribution is -0.147. The molecule has 4 heteroatoms. The molecule has 0 aliphatic carbocycles. The predicted molar refractivity (Wildman–Crippen MR) is 79.1 cm³/mol. The van der Waals surface area contributed by atoms with Gasteiger partial charge < -0.3 is 9.84 Å². The average molecular weight is 297 g/mol. The lowest BCUT2D eigenvalue weighted by atomic mass is 9.68. The first-order valence-corrected chi connectivity index (χ1v) is 7.29. The van der Waals surface area contributed by atoms with E-state index in [2.05, 4.69) is 0 Å². The molecule has 2 rings (SSSR count). The van der Waals surface area contributed by atoms with Gasteiger partial charge in [-0.1, -0.05) is 29.8 Å². The van der Waals surface area contributed by atoms with Gasteiger partial charge in [-0.2, -0.15) is 0 Å². The summed E-state index contributed by atoms with van der Waals surface area (Å²) in [5.41, 5.74) is 0.459. The van der Waals surface area contributed by atoms with Gasteiger partial charge in [-0.3, -0.25) is 4.79 Å². The summed E-state index contributed by atoms with van der Waals surface area (Å²) in [5.74, 6) is -0.755. The zero-order valence-corrected chi connectivity index (χ0v) is 12.7. The molecule has 1 atom stereocenters. The van der Waals surface area contributed by atoms with Crippen LogP contribution in [0.15, 0.2) is 24.3 Å². The Morgan fingerprint density at radius 3 is 2.70 bits per heavy atom. The minimum absolute atomic E-state index is 0.158. The topological polar surface area (TPSA) is 46.5 Å². The van der Waals surface area contributed by atoms with Gasteiger partial charge in [0.15, 0.2) is 0 Å². The molecule has 1 aromatic rings. The van der Waals surface area contributed by atoms with Gasteiger partial charge in [-0.25, -0.2) is 0 Å². The first kappa shape index (κ1) is 15.3. The molecule has 1 saturated heterocycles. The summed E-state index contributed by atoms with van der Waals surface area (Å²) in [6, 6.07) is 7.67. The number of carboxylic acid groups (broad SMARTS) is 1. The van der Waals surface area contributed by atoms with E-state index in [0.29, 0.717) is 18.1 Å². The van der Waals surface area contributed by atoms with Crippen LogP contribution in [-0.4, -0.2) is 23.3 Å². The quantitative estimate of drug-likeness (QED) is 0.915. The Morgan fingerprint density at radius 2 is 2.10 bits per heavy atom. The fourth-order valence-electron chi connectivity index (χ4n) is 3.32. The van der Waals surface area contributed by atoms with Gasteiger partial charge in [0.2, 0.25) is 0 Å². The third-order valence-electron chi connectivity index (χ3n) is 3.98. The largest absolute Gasteiger partial charge is 0.481 e. The zero-order chi connectivity index (χ0) is 14.8. The van der Waals surface area contributed by atoms with Crippen LogP contribution in [-0.2, 0) is 16.0 Å². The highest BCUT2D eigenvalue weighted by Gasteiger charge is 2.42. The van der Waals surface area contributed by atoms with Crippen LogP contribution in [0.2, 0.25) is 5.02 Å². The van der Waals surface area contributed by atoms with E-state index in [4.69, 9.17) is 16.3 Å². The molecule has 110 valence electrons. The van der Waals surface area contributed by atoms with Crippen molar-refractivity contribution in [1.82, 2.24) is 0 Å². The summed E-state index contributed by atoms with van der Waals surface area (Å²) in [6.45, 7) is 4.65. The van der Waals surface area contributed by atoms with E-state index < -0.39 is 5.97 Å². The van der Waals surface area contributed by atoms with Crippen molar-refractivity contribution in [3.05, 3.63) is 34.9 Å². The van der Waals surface area contributed by atoms with E-state index in [1.54, 1.807) is 0 Å². The molecule has 0 aromatic heterocycles. The van der Waals surface area contributed by atoms with Crippen molar-refractivity contribution in [2.45, 2.75) is 45.1 Å². The normalized spacial score (nSPS) is 25.4. The molecule has 0 saturated carbocycles. The van der Waals surface area contributed by atoms with Crippen molar-refractivity contribution in [1.29, 1.82) is 0 Å². The molecule has 1 aromatic carbocycles. The van der Waals surface area contributed by atoms with Crippen molar-refractivity contribution in [3.8, 4) is 0 Å². The third kappa shape index (κ3) is 3.74. The van der Waals surface area contributed by atoms with Crippen LogP contribution in [0.3, 0.4) is 0 Å². The van der Waals surface area contributed by atoms with E-state index in [-0.39, 0.29) is 17.4 Å². The summed E-state index contributed by atoms with van der Waals surface area (Å²) >= 11 is 6.23. The Bertz CT molecular complexity index is 498. The SMILES string of the molecule is CC1(C)CC(CC(=O)O)(Cc2ccccc2Cl)CCO1. The van der Waals surface area contributed by atoms with Gasteiger partial charge in [-0.05, 0) is 50.2 Å². The Balaban J connectivity index is 2.28. The van der Waals surface area contributed by atoms with Gasteiger partial charge in [-0.15, -0.1) is 0 Å². The second kappa shape index (κ2) is 5.74. The second-order valence-electron chi connectivity index (χ2n) is 6.37. The van der Waals surface area contributed by atoms with Crippen molar-refractivity contribution in [3.63, 3.8) is 0 Å². The maximum atomic E-state index is 11.3. The van der Waals surface area contributed by atoms with Gasteiger partial charge >= 0.3 is 5.97 Å². The van der Waals surface area contributed by atoms with Crippen LogP contribution in [0.4, 0.5) is 0 Å². The Hall–Kier alpha value is -1.06. The second-order valence-corrected chi connectivity index (χ2v) is 6.78. The smallest absolute Gasteiger partial charge is 0.303 e. The molecule has 0 bridgehead atoms. The molecular formula is C16H21ClO3. The fraction of sp³-hybridized carbons (Fsp3) is 0.562. The zero-order valence-electron chi connectivity index (χ0n) is 12.0. The van der Waals surface area contributed by atoms with Crippen LogP contribution in [0, 0.1) is 5.41 Å². The van der Waals surface area contributed by atoms with Crippen molar-refractivity contribution >= 4 is 17.6 Å². The number of ether oxygens (including phenoxy) is 1. The van der Waals surface area contributed by atoms with E-state index in [0.717, 1.165) is 18.4 Å². The molecular weight excluding hydrogens is 276 g/mol. The maximum absolute atomic E-state index is 11.3. The van der Waals surface area contributed by atoms with Crippen LogP contribution in [0.5, 0.6) is 0 Å². The molecule has 1 heterocycles. The van der Waals surface area contributed by atoms with Crippen molar-refractivity contribution < 1.29 is 14.6 Å². The van der Waals surface area contributed by atoms with E-state index in [1.807, 2.05) is 38.1 Å². The van der Waals surface area contributed by atoms with Crippen molar-refractivity contribution in [2.24, 2.45) is 5.41 Å². The maximum Gasteiger partial charge on any atom is 0.303 e. The molecule has 0 spiro atoms. The number of benzene rings is 1. The minimum Gasteiger partial charge on any atom is -0.481 e. The van der Waals surface area contributed by atoms with E-state index in [9.17, 15) is 9.90 Å². The molecule has 0 radical (unpaired) electrons. The highest BCUT2D eigenvalue weighted by molar-refractivity contribution is 6.31. The summed E-state index contributed by atoms with van der Waals surface area (Å²) in [4.78, 5) is 11.3. The number of hydrogen-bond acceptors (Lipinski definition) is 2. The molecule has 3 nitrogen and oxygen atoms in total. The summed E-state index contributed by atoms with van der Waals surface area (Å²) < 4.78 is 5.74. The van der Waals surface area contributed by atoms with Gasteiger partial charge in [0.05, 0.1) is 12.0 Å². The summed E-state index contributed by atoms with van der Waals surface area (Å²) in [5, 5.41) is 9.98. The molecule has 1 fully saturated rings. The van der Waals surface area contributed by atoms with Gasteiger partial charge in [0, 0.05) is 11.6 Å². The number of halogens is 1. The average Bonchev–Trinajstić information content (AvgIpc) is 2.29. The number of carboxylic acids is 1. The number of aliphatic carboxylic acids is 1. The van der Waals surface area contributed by atoms with Crippen LogP contribution >= 0.6 is 11.6 Å². The number of carbonyl (C=O) groups is 1. The highest BCUT2D eigenvalue weighted by atomic mass is 35.5. The molecule has 0 amide bonds. The minimum atomic E-state index is -0.755. The Morgan fingerprint density at radius 1 is 1.40 bits per heavy atom. The molecule has 1 aliphatic heterocycles. The summed E-state index contributed by atoms with van der Waals surface area (Å²) in [7, 11) is 0. The Kier molecular flexibility index (Phi) is 4.40. The van der Waals surface area contributed by atoms with Crippen LogP contribution in [0.25, 0.3) is 0 Å². The monoisotopic (exact) mass is 296 g/mol. The van der Waals surface area contributed by atoms with E-state index in [1.165, 1.54) is 0 Å². The lowest BCUT2D eigenvalue weighted by Crippen LogP contribution is -2.43. The first-order chi connectivity index (χ1) is 9.32. The fourth-order valence-corrected chi connectivity index (χ4v) is 3.52. The van der Waals surface area contributed by atoms with Crippen molar-refractivity contribution in [2.75, 3.05) is 6.61 Å². The van der Waals surface area contributed by atoms with Crippen LogP contribution < -0.4 is 0 Å². The van der Waals surface area contributed by atoms with E-state index >= 15 is 0 Å². The number of rotatable bonds is 4. The molecule has 1 unspecified atom stereocenters. The standard InChI is InChI=1S/C16H21ClO3/c1-15(2)11-16(7-8-20-15,10-14(18)19)9-12-5-3-4-6-13(12)17/h3-6H,7-11H2,1-2H3,(H,18,19). The lowest BCUT2D eigenvalue weighted by Gasteiger charge is -2.44. The van der Waals surface area contributed by atoms with Crippen LogP contribution in [0.1, 0.15) is 38.7 Å². The predicted octanol–water partition coefficient (Wildman–Crippen LogP) is 3.93. The van der Waals surface area contributed by atoms with Gasteiger partial charge in [0.25, 0.3) is 0 Å². The summed E-state index contributed by atoms with van der Waals surface area (Å²) in [6.07, 6.45) is 2.34. The Labute approximate surface area is 124 Å². The molecule has 1 aliphatic rings.